The van der Waals surface area contributed by atoms with Gasteiger partial charge in [-0.1, -0.05) is 45.0 Å². The molecule has 0 aliphatic rings. The minimum atomic E-state index is -1.60. The van der Waals surface area contributed by atoms with Gasteiger partial charge in [0.05, 0.1) is 11.6 Å². The molecule has 1 N–H and O–H groups in total. The summed E-state index contributed by atoms with van der Waals surface area (Å²) in [6.07, 6.45) is 4.38. The Bertz CT molecular complexity index is 989. The van der Waals surface area contributed by atoms with Crippen molar-refractivity contribution < 1.29 is 9.50 Å². The quantitative estimate of drug-likeness (QED) is 0.749. The van der Waals surface area contributed by atoms with Crippen LogP contribution in [0, 0.1) is 22.6 Å². The smallest absolute Gasteiger partial charge is 0.130 e. The van der Waals surface area contributed by atoms with Crippen molar-refractivity contribution in [3.63, 3.8) is 0 Å². The van der Waals surface area contributed by atoms with E-state index in [9.17, 15) is 5.11 Å². The maximum Gasteiger partial charge on any atom is 0.130 e. The molecule has 1 unspecified atom stereocenters. The summed E-state index contributed by atoms with van der Waals surface area (Å²) >= 11 is 0. The number of rotatable bonds is 3. The molecule has 1 atom stereocenters. The SMILES string of the molecule is CC(C)(C)C(O)(c1cncnc1)c1ccc(-c2ccc(C#N)cc2)cc1F. The first-order valence-electron chi connectivity index (χ1n) is 8.56. The van der Waals surface area contributed by atoms with Gasteiger partial charge in [0.2, 0.25) is 0 Å². The van der Waals surface area contributed by atoms with Gasteiger partial charge in [0, 0.05) is 23.5 Å². The van der Waals surface area contributed by atoms with Gasteiger partial charge in [-0.15, -0.1) is 0 Å². The summed E-state index contributed by atoms with van der Waals surface area (Å²) in [5.41, 5.74) is 0.311. The first-order valence-corrected chi connectivity index (χ1v) is 8.56. The van der Waals surface area contributed by atoms with Gasteiger partial charge in [-0.05, 0) is 34.7 Å². The molecule has 3 rings (SSSR count). The Morgan fingerprint density at radius 2 is 1.56 bits per heavy atom. The largest absolute Gasteiger partial charge is 0.380 e. The molecule has 136 valence electrons. The van der Waals surface area contributed by atoms with Gasteiger partial charge in [-0.2, -0.15) is 5.26 Å². The van der Waals surface area contributed by atoms with Gasteiger partial charge < -0.3 is 5.11 Å². The van der Waals surface area contributed by atoms with E-state index in [0.717, 1.165) is 5.56 Å². The Hall–Kier alpha value is -3.10. The Kier molecular flexibility index (Phi) is 4.77. The zero-order chi connectivity index (χ0) is 19.7. The number of nitrogens with zero attached hydrogens (tertiary/aromatic N) is 3. The predicted octanol–water partition coefficient (Wildman–Crippen LogP) is 4.44. The third kappa shape index (κ3) is 3.32. The molecular weight excluding hydrogens is 341 g/mol. The lowest BCUT2D eigenvalue weighted by molar-refractivity contribution is -0.0292. The summed E-state index contributed by atoms with van der Waals surface area (Å²) in [6, 6.07) is 13.7. The van der Waals surface area contributed by atoms with Crippen LogP contribution in [0.3, 0.4) is 0 Å². The van der Waals surface area contributed by atoms with Crippen molar-refractivity contribution in [1.29, 1.82) is 5.26 Å². The van der Waals surface area contributed by atoms with E-state index >= 15 is 4.39 Å². The topological polar surface area (TPSA) is 69.8 Å². The molecule has 0 fully saturated rings. The highest BCUT2D eigenvalue weighted by molar-refractivity contribution is 5.65. The summed E-state index contributed by atoms with van der Waals surface area (Å²) in [5, 5.41) is 20.5. The molecule has 4 nitrogen and oxygen atoms in total. The molecule has 2 aromatic carbocycles. The molecule has 1 heterocycles. The van der Waals surface area contributed by atoms with Crippen LogP contribution in [0.15, 0.2) is 61.2 Å². The number of hydrogen-bond donors (Lipinski definition) is 1. The lowest BCUT2D eigenvalue weighted by Gasteiger charge is -2.41. The van der Waals surface area contributed by atoms with Gasteiger partial charge in [0.1, 0.15) is 17.7 Å². The molecule has 0 radical (unpaired) electrons. The third-order valence-corrected chi connectivity index (χ3v) is 4.77. The average Bonchev–Trinajstić information content (AvgIpc) is 2.67. The van der Waals surface area contributed by atoms with E-state index in [4.69, 9.17) is 5.26 Å². The van der Waals surface area contributed by atoms with Crippen molar-refractivity contribution in [2.24, 2.45) is 5.41 Å². The maximum absolute atomic E-state index is 15.1. The van der Waals surface area contributed by atoms with Crippen molar-refractivity contribution in [3.8, 4) is 17.2 Å². The standard InChI is InChI=1S/C22H20FN3O/c1-21(2,3)22(27,18-12-25-14-26-13-18)19-9-8-17(10-20(19)23)16-6-4-15(11-24)5-7-16/h4-10,12-14,27H,1-3H3. The van der Waals surface area contributed by atoms with Crippen LogP contribution >= 0.6 is 0 Å². The molecule has 0 amide bonds. The summed E-state index contributed by atoms with van der Waals surface area (Å²) in [6.45, 7) is 5.52. The van der Waals surface area contributed by atoms with Crippen LogP contribution in [0.2, 0.25) is 0 Å². The van der Waals surface area contributed by atoms with Crippen LogP contribution < -0.4 is 0 Å². The highest BCUT2D eigenvalue weighted by Gasteiger charge is 2.45. The van der Waals surface area contributed by atoms with E-state index in [0.29, 0.717) is 16.7 Å². The van der Waals surface area contributed by atoms with Crippen LogP contribution in [0.5, 0.6) is 0 Å². The molecule has 0 bridgehead atoms. The van der Waals surface area contributed by atoms with E-state index in [1.807, 2.05) is 20.8 Å². The fourth-order valence-corrected chi connectivity index (χ4v) is 3.20. The monoisotopic (exact) mass is 361 g/mol. The summed E-state index contributed by atoms with van der Waals surface area (Å²) in [4.78, 5) is 7.96. The number of benzene rings is 2. The molecular formula is C22H20FN3O. The lowest BCUT2D eigenvalue weighted by atomic mass is 9.68. The molecule has 5 heteroatoms. The molecule has 0 spiro atoms. The normalized spacial score (nSPS) is 13.6. The highest BCUT2D eigenvalue weighted by Crippen LogP contribution is 2.45. The predicted molar refractivity (Wildman–Crippen MR) is 101 cm³/mol. The molecule has 0 saturated heterocycles. The van der Waals surface area contributed by atoms with Crippen molar-refractivity contribution in [2.45, 2.75) is 26.4 Å². The fourth-order valence-electron chi connectivity index (χ4n) is 3.20. The molecule has 1 aromatic heterocycles. The molecule has 27 heavy (non-hydrogen) atoms. The van der Waals surface area contributed by atoms with Gasteiger partial charge >= 0.3 is 0 Å². The fraction of sp³-hybridized carbons (Fsp3) is 0.227. The number of hydrogen-bond acceptors (Lipinski definition) is 4. The molecule has 0 aliphatic heterocycles. The van der Waals surface area contributed by atoms with Crippen molar-refractivity contribution in [3.05, 3.63) is 83.7 Å². The van der Waals surface area contributed by atoms with Gasteiger partial charge in [0.15, 0.2) is 0 Å². The number of aromatic nitrogens is 2. The average molecular weight is 361 g/mol. The van der Waals surface area contributed by atoms with Crippen LogP contribution in [0.1, 0.15) is 37.5 Å². The Morgan fingerprint density at radius 1 is 0.963 bits per heavy atom. The maximum atomic E-state index is 15.1. The van der Waals surface area contributed by atoms with Crippen LogP contribution in [-0.2, 0) is 5.60 Å². The van der Waals surface area contributed by atoms with Gasteiger partial charge in [-0.3, -0.25) is 0 Å². The van der Waals surface area contributed by atoms with Crippen LogP contribution in [0.25, 0.3) is 11.1 Å². The number of nitriles is 1. The zero-order valence-corrected chi connectivity index (χ0v) is 15.4. The number of aliphatic hydroxyl groups is 1. The lowest BCUT2D eigenvalue weighted by Crippen LogP contribution is -2.42. The minimum absolute atomic E-state index is 0.169. The minimum Gasteiger partial charge on any atom is -0.380 e. The van der Waals surface area contributed by atoms with Gasteiger partial charge in [-0.25, -0.2) is 14.4 Å². The molecule has 3 aromatic rings. The second kappa shape index (κ2) is 6.90. The first kappa shape index (κ1) is 18.7. The summed E-state index contributed by atoms with van der Waals surface area (Å²) in [5.74, 6) is -0.516. The van der Waals surface area contributed by atoms with E-state index in [1.165, 1.54) is 24.8 Å². The molecule has 0 saturated carbocycles. The Balaban J connectivity index is 2.11. The van der Waals surface area contributed by atoms with Crippen molar-refractivity contribution in [2.75, 3.05) is 0 Å². The second-order valence-corrected chi connectivity index (χ2v) is 7.47. The third-order valence-electron chi connectivity index (χ3n) is 4.77. The van der Waals surface area contributed by atoms with Crippen LogP contribution in [-0.4, -0.2) is 15.1 Å². The zero-order valence-electron chi connectivity index (χ0n) is 15.4. The molecule has 0 aliphatic carbocycles. The van der Waals surface area contributed by atoms with Crippen molar-refractivity contribution in [1.82, 2.24) is 9.97 Å². The Labute approximate surface area is 158 Å². The Morgan fingerprint density at radius 3 is 2.07 bits per heavy atom. The van der Waals surface area contributed by atoms with Crippen molar-refractivity contribution >= 4 is 0 Å². The van der Waals surface area contributed by atoms with E-state index in [1.54, 1.807) is 36.4 Å². The summed E-state index contributed by atoms with van der Waals surface area (Å²) < 4.78 is 15.1. The van der Waals surface area contributed by atoms with E-state index in [2.05, 4.69) is 16.0 Å². The second-order valence-electron chi connectivity index (χ2n) is 7.47. The number of halogens is 1. The summed E-state index contributed by atoms with van der Waals surface area (Å²) in [7, 11) is 0. The van der Waals surface area contributed by atoms with Crippen LogP contribution in [0.4, 0.5) is 4.39 Å². The van der Waals surface area contributed by atoms with Gasteiger partial charge in [0.25, 0.3) is 0 Å². The van der Waals surface area contributed by atoms with E-state index < -0.39 is 16.8 Å². The highest BCUT2D eigenvalue weighted by atomic mass is 19.1. The first-order chi connectivity index (χ1) is 12.8. The van der Waals surface area contributed by atoms with E-state index in [-0.39, 0.29) is 5.56 Å².